The maximum absolute atomic E-state index is 12.0. The van der Waals surface area contributed by atoms with Gasteiger partial charge < -0.3 is 5.11 Å². The first-order valence-electron chi connectivity index (χ1n) is 4.86. The van der Waals surface area contributed by atoms with Gasteiger partial charge in [-0.3, -0.25) is 4.72 Å². The van der Waals surface area contributed by atoms with Gasteiger partial charge in [0.15, 0.2) is 5.15 Å². The number of nitrogens with one attached hydrogen (secondary N) is 1. The lowest BCUT2D eigenvalue weighted by Gasteiger charge is -2.06. The Morgan fingerprint density at radius 1 is 1.37 bits per heavy atom. The third-order valence-corrected chi connectivity index (χ3v) is 5.29. The number of hydrogen-bond donors (Lipinski definition) is 2. The van der Waals surface area contributed by atoms with Crippen LogP contribution in [0.1, 0.15) is 9.67 Å². The van der Waals surface area contributed by atoms with Crippen molar-refractivity contribution in [2.45, 2.75) is 4.21 Å². The van der Waals surface area contributed by atoms with Crippen molar-refractivity contribution >= 4 is 44.6 Å². The Labute approximate surface area is 117 Å². The zero-order valence-electron chi connectivity index (χ0n) is 9.20. The molecule has 0 aliphatic heterocycles. The second-order valence-electron chi connectivity index (χ2n) is 3.37. The topological polar surface area (TPSA) is 96.4 Å². The Bertz CT molecular complexity index is 727. The fourth-order valence-corrected chi connectivity index (χ4v) is 3.67. The molecule has 0 spiro atoms. The van der Waals surface area contributed by atoms with E-state index in [9.17, 15) is 13.2 Å². The summed E-state index contributed by atoms with van der Waals surface area (Å²) in [5.41, 5.74) is 0.134. The van der Waals surface area contributed by atoms with Gasteiger partial charge in [-0.2, -0.15) is 0 Å². The van der Waals surface area contributed by atoms with Crippen LogP contribution in [-0.4, -0.2) is 24.5 Å². The quantitative estimate of drug-likeness (QED) is 0.843. The zero-order valence-corrected chi connectivity index (χ0v) is 11.6. The molecular weight excluding hydrogens is 312 g/mol. The maximum Gasteiger partial charge on any atom is 0.345 e. The number of halogens is 1. The lowest BCUT2D eigenvalue weighted by molar-refractivity contribution is 0.0702. The number of carboxylic acid groups (broad SMARTS) is 1. The van der Waals surface area contributed by atoms with Gasteiger partial charge in [0.25, 0.3) is 10.0 Å². The molecule has 2 heterocycles. The summed E-state index contributed by atoms with van der Waals surface area (Å²) in [5.74, 6) is -1.18. The van der Waals surface area contributed by atoms with E-state index in [1.807, 2.05) is 0 Å². The number of aromatic nitrogens is 1. The molecule has 19 heavy (non-hydrogen) atoms. The molecule has 0 atom stereocenters. The summed E-state index contributed by atoms with van der Waals surface area (Å²) in [5, 5.41) is 8.78. The Morgan fingerprint density at radius 2 is 2.11 bits per heavy atom. The highest BCUT2D eigenvalue weighted by atomic mass is 35.5. The van der Waals surface area contributed by atoms with E-state index >= 15 is 0 Å². The molecule has 100 valence electrons. The van der Waals surface area contributed by atoms with E-state index in [2.05, 4.69) is 9.71 Å². The molecule has 0 aliphatic rings. The van der Waals surface area contributed by atoms with E-state index in [0.29, 0.717) is 11.3 Å². The summed E-state index contributed by atoms with van der Waals surface area (Å²) in [6.07, 6.45) is 1.42. The predicted molar refractivity (Wildman–Crippen MR) is 71.3 cm³/mol. The third kappa shape index (κ3) is 3.03. The van der Waals surface area contributed by atoms with Gasteiger partial charge in [-0.05, 0) is 24.3 Å². The molecule has 0 aromatic carbocycles. The molecule has 0 amide bonds. The molecule has 0 fully saturated rings. The van der Waals surface area contributed by atoms with E-state index < -0.39 is 16.0 Å². The van der Waals surface area contributed by atoms with E-state index in [0.717, 1.165) is 0 Å². The first-order valence-corrected chi connectivity index (χ1v) is 7.54. The van der Waals surface area contributed by atoms with E-state index in [-0.39, 0.29) is 19.9 Å². The van der Waals surface area contributed by atoms with Crippen molar-refractivity contribution in [1.82, 2.24) is 4.98 Å². The summed E-state index contributed by atoms with van der Waals surface area (Å²) >= 11 is 6.40. The van der Waals surface area contributed by atoms with Crippen LogP contribution in [0.25, 0.3) is 0 Å². The SMILES string of the molecule is O=C(O)c1ccc(S(=O)(=O)Nc2cccnc2Cl)s1. The standard InChI is InChI=1S/C10H7ClN2O4S2/c11-9-6(2-1-5-12-9)13-19(16,17)8-4-3-7(18-8)10(14)15/h1-5,13H,(H,14,15). The first kappa shape index (κ1) is 13.8. The summed E-state index contributed by atoms with van der Waals surface area (Å²) in [6.45, 7) is 0. The summed E-state index contributed by atoms with van der Waals surface area (Å²) < 4.78 is 26.2. The Kier molecular flexibility index (Phi) is 3.74. The second kappa shape index (κ2) is 5.16. The summed E-state index contributed by atoms with van der Waals surface area (Å²) in [4.78, 5) is 14.4. The highest BCUT2D eigenvalue weighted by Crippen LogP contribution is 2.26. The fourth-order valence-electron chi connectivity index (χ4n) is 1.24. The number of carboxylic acids is 1. The van der Waals surface area contributed by atoms with Crippen molar-refractivity contribution in [3.8, 4) is 0 Å². The van der Waals surface area contributed by atoms with E-state index in [1.165, 1.54) is 30.5 Å². The number of sulfonamides is 1. The lowest BCUT2D eigenvalue weighted by atomic mass is 10.4. The molecule has 2 N–H and O–H groups in total. The summed E-state index contributed by atoms with van der Waals surface area (Å²) in [7, 11) is -3.87. The largest absolute Gasteiger partial charge is 0.477 e. The van der Waals surface area contributed by atoms with Crippen LogP contribution in [0.15, 0.2) is 34.7 Å². The van der Waals surface area contributed by atoms with Crippen molar-refractivity contribution < 1.29 is 18.3 Å². The maximum atomic E-state index is 12.0. The molecule has 0 radical (unpaired) electrons. The average Bonchev–Trinajstić information content (AvgIpc) is 2.82. The van der Waals surface area contributed by atoms with Gasteiger partial charge in [0.2, 0.25) is 0 Å². The van der Waals surface area contributed by atoms with Crippen LogP contribution < -0.4 is 4.72 Å². The van der Waals surface area contributed by atoms with Crippen LogP contribution in [0.4, 0.5) is 5.69 Å². The Balaban J connectivity index is 2.32. The monoisotopic (exact) mass is 318 g/mol. The number of pyridine rings is 1. The summed E-state index contributed by atoms with van der Waals surface area (Å²) in [6, 6.07) is 5.44. The molecule has 0 saturated carbocycles. The number of thiophene rings is 1. The Hall–Kier alpha value is -1.64. The number of hydrogen-bond acceptors (Lipinski definition) is 5. The second-order valence-corrected chi connectivity index (χ2v) is 6.72. The van der Waals surface area contributed by atoms with Gasteiger partial charge in [-0.15, -0.1) is 11.3 Å². The normalized spacial score (nSPS) is 11.2. The molecule has 0 unspecified atom stereocenters. The minimum Gasteiger partial charge on any atom is -0.477 e. The van der Waals surface area contributed by atoms with Crippen molar-refractivity contribution in [2.24, 2.45) is 0 Å². The number of nitrogens with zero attached hydrogens (tertiary/aromatic N) is 1. The first-order chi connectivity index (χ1) is 8.90. The third-order valence-electron chi connectivity index (χ3n) is 2.06. The van der Waals surface area contributed by atoms with Gasteiger partial charge in [0, 0.05) is 6.20 Å². The number of anilines is 1. The molecule has 0 saturated heterocycles. The van der Waals surface area contributed by atoms with Gasteiger partial charge in [0.05, 0.1) is 5.69 Å². The minimum atomic E-state index is -3.87. The number of carbonyl (C=O) groups is 1. The molecular formula is C10H7ClN2O4S2. The molecule has 6 nitrogen and oxygen atoms in total. The fraction of sp³-hybridized carbons (Fsp3) is 0. The van der Waals surface area contributed by atoms with Crippen molar-refractivity contribution in [3.63, 3.8) is 0 Å². The molecule has 2 rings (SSSR count). The smallest absolute Gasteiger partial charge is 0.345 e. The highest BCUT2D eigenvalue weighted by Gasteiger charge is 2.20. The molecule has 9 heteroatoms. The average molecular weight is 319 g/mol. The highest BCUT2D eigenvalue weighted by molar-refractivity contribution is 7.94. The molecule has 0 aliphatic carbocycles. The van der Waals surface area contributed by atoms with Gasteiger partial charge in [-0.1, -0.05) is 11.6 Å². The van der Waals surface area contributed by atoms with Crippen molar-refractivity contribution in [3.05, 3.63) is 40.5 Å². The van der Waals surface area contributed by atoms with Gasteiger partial charge >= 0.3 is 5.97 Å². The lowest BCUT2D eigenvalue weighted by Crippen LogP contribution is -2.12. The molecule has 2 aromatic heterocycles. The van der Waals surface area contributed by atoms with Crippen LogP contribution in [-0.2, 0) is 10.0 Å². The van der Waals surface area contributed by atoms with Crippen LogP contribution in [0.3, 0.4) is 0 Å². The van der Waals surface area contributed by atoms with E-state index in [1.54, 1.807) is 0 Å². The number of rotatable bonds is 4. The van der Waals surface area contributed by atoms with Crippen LogP contribution in [0.5, 0.6) is 0 Å². The van der Waals surface area contributed by atoms with Crippen LogP contribution in [0.2, 0.25) is 5.15 Å². The minimum absolute atomic E-state index is 0.0149. The van der Waals surface area contributed by atoms with Crippen LogP contribution in [0, 0.1) is 0 Å². The van der Waals surface area contributed by atoms with Crippen molar-refractivity contribution in [1.29, 1.82) is 0 Å². The molecule has 0 bridgehead atoms. The van der Waals surface area contributed by atoms with Gasteiger partial charge in [0.1, 0.15) is 9.09 Å². The van der Waals surface area contributed by atoms with Crippen LogP contribution >= 0.6 is 22.9 Å². The molecule has 2 aromatic rings. The predicted octanol–water partition coefficient (Wildman–Crippen LogP) is 2.30. The number of aromatic carboxylic acids is 1. The van der Waals surface area contributed by atoms with E-state index in [4.69, 9.17) is 16.7 Å². The zero-order chi connectivity index (χ0) is 14.0. The van der Waals surface area contributed by atoms with Gasteiger partial charge in [-0.25, -0.2) is 18.2 Å². The Morgan fingerprint density at radius 3 is 2.68 bits per heavy atom. The van der Waals surface area contributed by atoms with Crippen molar-refractivity contribution in [2.75, 3.05) is 4.72 Å².